The van der Waals surface area contributed by atoms with Crippen LogP contribution in [0, 0.1) is 0 Å². The Bertz CT molecular complexity index is 465. The summed E-state index contributed by atoms with van der Waals surface area (Å²) in [5, 5.41) is 3.10. The summed E-state index contributed by atoms with van der Waals surface area (Å²) in [6, 6.07) is 3.51. The number of primary amides is 1. The van der Waals surface area contributed by atoms with Gasteiger partial charge in [-0.2, -0.15) is 0 Å². The molecule has 1 aliphatic rings. The number of nitrogens with one attached hydrogen (secondary N) is 1. The summed E-state index contributed by atoms with van der Waals surface area (Å²) in [6.45, 7) is 1.84. The number of hydrogen-bond acceptors (Lipinski definition) is 6. The van der Waals surface area contributed by atoms with Gasteiger partial charge in [-0.15, -0.1) is 0 Å². The zero-order valence-corrected chi connectivity index (χ0v) is 10.5. The Morgan fingerprint density at radius 1 is 1.32 bits per heavy atom. The molecule has 0 saturated heterocycles. The Labute approximate surface area is 110 Å². The molecule has 7 heteroatoms. The van der Waals surface area contributed by atoms with Crippen LogP contribution in [0.25, 0.3) is 0 Å². The number of ether oxygens (including phenoxy) is 3. The molecule has 2 rings (SSSR count). The standard InChI is InChI=1S/C12H17N3O4/c13-8-5-10-11(19-4-3-18-10)6-9(8)15-1-2-17-7-12(14)16/h5-6,15H,1-4,7,13H2,(H2,14,16). The molecule has 1 amide bonds. The van der Waals surface area contributed by atoms with E-state index in [-0.39, 0.29) is 6.61 Å². The van der Waals surface area contributed by atoms with Crippen molar-refractivity contribution in [3.05, 3.63) is 12.1 Å². The van der Waals surface area contributed by atoms with Crippen molar-refractivity contribution in [2.75, 3.05) is 44.0 Å². The van der Waals surface area contributed by atoms with E-state index in [1.54, 1.807) is 12.1 Å². The van der Waals surface area contributed by atoms with Crippen LogP contribution in [0.1, 0.15) is 0 Å². The van der Waals surface area contributed by atoms with Crippen LogP contribution in [-0.4, -0.2) is 38.9 Å². The van der Waals surface area contributed by atoms with Gasteiger partial charge in [0, 0.05) is 18.7 Å². The van der Waals surface area contributed by atoms with Gasteiger partial charge in [-0.25, -0.2) is 0 Å². The molecular formula is C12H17N3O4. The molecule has 0 atom stereocenters. The summed E-state index contributed by atoms with van der Waals surface area (Å²) in [6.07, 6.45) is 0. The van der Waals surface area contributed by atoms with E-state index >= 15 is 0 Å². The summed E-state index contributed by atoms with van der Waals surface area (Å²) < 4.78 is 15.9. The molecule has 0 unspecified atom stereocenters. The van der Waals surface area contributed by atoms with Crippen LogP contribution in [0.5, 0.6) is 11.5 Å². The molecule has 104 valence electrons. The monoisotopic (exact) mass is 267 g/mol. The molecule has 0 saturated carbocycles. The smallest absolute Gasteiger partial charge is 0.243 e. The highest BCUT2D eigenvalue weighted by Gasteiger charge is 2.14. The maximum atomic E-state index is 10.5. The molecular weight excluding hydrogens is 250 g/mol. The van der Waals surface area contributed by atoms with Crippen LogP contribution >= 0.6 is 0 Å². The summed E-state index contributed by atoms with van der Waals surface area (Å²) in [5.74, 6) is 0.833. The molecule has 19 heavy (non-hydrogen) atoms. The largest absolute Gasteiger partial charge is 0.486 e. The van der Waals surface area contributed by atoms with E-state index in [1.165, 1.54) is 0 Å². The number of anilines is 2. The first kappa shape index (κ1) is 13.3. The van der Waals surface area contributed by atoms with Crippen molar-refractivity contribution in [3.63, 3.8) is 0 Å². The average molecular weight is 267 g/mol. The molecule has 0 radical (unpaired) electrons. The van der Waals surface area contributed by atoms with Crippen LogP contribution in [-0.2, 0) is 9.53 Å². The van der Waals surface area contributed by atoms with Gasteiger partial charge in [-0.1, -0.05) is 0 Å². The summed E-state index contributed by atoms with van der Waals surface area (Å²) in [5.41, 5.74) is 12.2. The van der Waals surface area contributed by atoms with E-state index in [2.05, 4.69) is 5.32 Å². The van der Waals surface area contributed by atoms with E-state index in [0.29, 0.717) is 43.6 Å². The predicted molar refractivity (Wildman–Crippen MR) is 70.3 cm³/mol. The first-order chi connectivity index (χ1) is 9.16. The maximum Gasteiger partial charge on any atom is 0.243 e. The summed E-state index contributed by atoms with van der Waals surface area (Å²) in [4.78, 5) is 10.5. The minimum absolute atomic E-state index is 0.0850. The SMILES string of the molecule is NC(=O)COCCNc1cc2c(cc1N)OCCO2. The second kappa shape index (κ2) is 6.14. The van der Waals surface area contributed by atoms with Crippen molar-refractivity contribution in [2.45, 2.75) is 0 Å². The number of hydrogen-bond donors (Lipinski definition) is 3. The van der Waals surface area contributed by atoms with Crippen LogP contribution in [0.4, 0.5) is 11.4 Å². The molecule has 0 aromatic heterocycles. The lowest BCUT2D eigenvalue weighted by Crippen LogP contribution is -2.21. The normalized spacial score (nSPS) is 13.1. The molecule has 5 N–H and O–H groups in total. The van der Waals surface area contributed by atoms with Crippen LogP contribution in [0.2, 0.25) is 0 Å². The summed E-state index contributed by atoms with van der Waals surface area (Å²) in [7, 11) is 0. The number of carbonyl (C=O) groups is 1. The van der Waals surface area contributed by atoms with Gasteiger partial charge in [0.05, 0.1) is 18.0 Å². The quantitative estimate of drug-likeness (QED) is 0.492. The number of nitrogens with two attached hydrogens (primary N) is 2. The lowest BCUT2D eigenvalue weighted by atomic mass is 10.2. The minimum atomic E-state index is -0.487. The van der Waals surface area contributed by atoms with E-state index < -0.39 is 5.91 Å². The fraction of sp³-hybridized carbons (Fsp3) is 0.417. The van der Waals surface area contributed by atoms with E-state index in [0.717, 1.165) is 5.69 Å². The fourth-order valence-electron chi connectivity index (χ4n) is 1.69. The van der Waals surface area contributed by atoms with E-state index in [9.17, 15) is 4.79 Å². The van der Waals surface area contributed by atoms with Crippen molar-refractivity contribution in [3.8, 4) is 11.5 Å². The third-order valence-corrected chi connectivity index (χ3v) is 2.52. The molecule has 0 fully saturated rings. The van der Waals surface area contributed by atoms with Gasteiger partial charge in [0.2, 0.25) is 5.91 Å². The molecule has 0 spiro atoms. The number of carbonyl (C=O) groups excluding carboxylic acids is 1. The van der Waals surface area contributed by atoms with Crippen molar-refractivity contribution in [1.29, 1.82) is 0 Å². The minimum Gasteiger partial charge on any atom is -0.486 e. The van der Waals surface area contributed by atoms with Gasteiger partial charge < -0.3 is 31.0 Å². The zero-order valence-electron chi connectivity index (χ0n) is 10.5. The molecule has 1 aromatic rings. The molecule has 1 heterocycles. The first-order valence-electron chi connectivity index (χ1n) is 5.96. The van der Waals surface area contributed by atoms with Gasteiger partial charge in [-0.3, -0.25) is 4.79 Å². The second-order valence-corrected chi connectivity index (χ2v) is 4.03. The highest BCUT2D eigenvalue weighted by Crippen LogP contribution is 2.36. The van der Waals surface area contributed by atoms with Crippen LogP contribution < -0.4 is 26.3 Å². The van der Waals surface area contributed by atoms with E-state index in [1.807, 2.05) is 0 Å². The Kier molecular flexibility index (Phi) is 4.30. The predicted octanol–water partition coefficient (Wildman–Crippen LogP) is -0.0462. The molecule has 7 nitrogen and oxygen atoms in total. The van der Waals surface area contributed by atoms with Gasteiger partial charge in [0.15, 0.2) is 11.5 Å². The number of benzene rings is 1. The second-order valence-electron chi connectivity index (χ2n) is 4.03. The summed E-state index contributed by atoms with van der Waals surface area (Å²) >= 11 is 0. The van der Waals surface area contributed by atoms with Crippen molar-refractivity contribution in [2.24, 2.45) is 5.73 Å². The highest BCUT2D eigenvalue weighted by molar-refractivity contribution is 5.75. The maximum absolute atomic E-state index is 10.5. The molecule has 1 aliphatic heterocycles. The Morgan fingerprint density at radius 2 is 2.00 bits per heavy atom. The number of nitrogen functional groups attached to an aromatic ring is 1. The van der Waals surface area contributed by atoms with Crippen molar-refractivity contribution >= 4 is 17.3 Å². The van der Waals surface area contributed by atoms with Crippen LogP contribution in [0.15, 0.2) is 12.1 Å². The van der Waals surface area contributed by atoms with Gasteiger partial charge in [-0.05, 0) is 0 Å². The number of amides is 1. The van der Waals surface area contributed by atoms with Crippen molar-refractivity contribution in [1.82, 2.24) is 0 Å². The topological polar surface area (TPSA) is 109 Å². The lowest BCUT2D eigenvalue weighted by Gasteiger charge is -2.20. The molecule has 0 bridgehead atoms. The Hall–Kier alpha value is -2.15. The first-order valence-corrected chi connectivity index (χ1v) is 5.96. The third kappa shape index (κ3) is 3.65. The van der Waals surface area contributed by atoms with Crippen molar-refractivity contribution < 1.29 is 19.0 Å². The highest BCUT2D eigenvalue weighted by atomic mass is 16.6. The number of rotatable bonds is 6. The third-order valence-electron chi connectivity index (χ3n) is 2.52. The number of fused-ring (bicyclic) bond motifs is 1. The molecule has 1 aromatic carbocycles. The lowest BCUT2D eigenvalue weighted by molar-refractivity contribution is -0.122. The van der Waals surface area contributed by atoms with Gasteiger partial charge >= 0.3 is 0 Å². The van der Waals surface area contributed by atoms with E-state index in [4.69, 9.17) is 25.7 Å². The zero-order chi connectivity index (χ0) is 13.7. The van der Waals surface area contributed by atoms with Crippen LogP contribution in [0.3, 0.4) is 0 Å². The average Bonchev–Trinajstić information content (AvgIpc) is 2.38. The van der Waals surface area contributed by atoms with Gasteiger partial charge in [0.25, 0.3) is 0 Å². The fourth-order valence-corrected chi connectivity index (χ4v) is 1.69. The Balaban J connectivity index is 1.88. The molecule has 0 aliphatic carbocycles. The van der Waals surface area contributed by atoms with Gasteiger partial charge in [0.1, 0.15) is 19.8 Å². The Morgan fingerprint density at radius 3 is 2.68 bits per heavy atom.